The summed E-state index contributed by atoms with van der Waals surface area (Å²) in [7, 11) is 0. The maximum atomic E-state index is 12.4. The molecule has 1 fully saturated rings. The monoisotopic (exact) mass is 375 g/mol. The molecule has 24 heavy (non-hydrogen) atoms. The lowest BCUT2D eigenvalue weighted by Gasteiger charge is -2.19. The highest BCUT2D eigenvalue weighted by molar-refractivity contribution is 7.13. The number of hydrogen-bond acceptors (Lipinski definition) is 6. The van der Waals surface area contributed by atoms with Crippen molar-refractivity contribution in [3.63, 3.8) is 0 Å². The third-order valence-electron chi connectivity index (χ3n) is 4.30. The van der Waals surface area contributed by atoms with Crippen LogP contribution in [0.25, 0.3) is 0 Å². The number of carbonyl (C=O) groups excluding carboxylic acids is 2. The van der Waals surface area contributed by atoms with Crippen LogP contribution < -0.4 is 11.1 Å². The Hall–Kier alpha value is -1.18. The van der Waals surface area contributed by atoms with Crippen molar-refractivity contribution in [2.24, 2.45) is 17.6 Å². The Morgan fingerprint density at radius 3 is 2.79 bits per heavy atom. The van der Waals surface area contributed by atoms with Crippen LogP contribution in [0.2, 0.25) is 0 Å². The minimum Gasteiger partial charge on any atom is -0.462 e. The van der Waals surface area contributed by atoms with Gasteiger partial charge in [-0.15, -0.1) is 23.7 Å². The van der Waals surface area contributed by atoms with E-state index in [1.165, 1.54) is 11.3 Å². The topological polar surface area (TPSA) is 94.3 Å². The van der Waals surface area contributed by atoms with E-state index in [1.54, 1.807) is 13.8 Å². The van der Waals surface area contributed by atoms with Crippen LogP contribution in [0.3, 0.4) is 0 Å². The maximum absolute atomic E-state index is 12.4. The fourth-order valence-electron chi connectivity index (χ4n) is 3.03. The summed E-state index contributed by atoms with van der Waals surface area (Å²) >= 11 is 1.28. The zero-order valence-corrected chi connectivity index (χ0v) is 16.0. The molecule has 6 nitrogen and oxygen atoms in total. The third-order valence-corrected chi connectivity index (χ3v) is 5.62. The molecule has 2 rings (SSSR count). The lowest BCUT2D eigenvalue weighted by atomic mass is 9.95. The van der Waals surface area contributed by atoms with E-state index in [2.05, 4.69) is 10.3 Å². The number of esters is 1. The normalized spacial score (nSPS) is 21.0. The molecule has 1 aromatic rings. The molecule has 1 unspecified atom stereocenters. The number of aryl methyl sites for hydroxylation is 1. The summed E-state index contributed by atoms with van der Waals surface area (Å²) in [5.41, 5.74) is 6.39. The van der Waals surface area contributed by atoms with Crippen LogP contribution in [0.5, 0.6) is 0 Å². The van der Waals surface area contributed by atoms with E-state index in [-0.39, 0.29) is 42.2 Å². The number of halogens is 1. The summed E-state index contributed by atoms with van der Waals surface area (Å²) in [6.45, 7) is 6.32. The molecule has 136 valence electrons. The molecule has 1 aliphatic rings. The van der Waals surface area contributed by atoms with Crippen LogP contribution in [0.1, 0.15) is 59.5 Å². The zero-order chi connectivity index (χ0) is 17.0. The van der Waals surface area contributed by atoms with Crippen molar-refractivity contribution in [3.05, 3.63) is 15.6 Å². The maximum Gasteiger partial charge on any atom is 0.350 e. The standard InChI is InChI=1S/C16H25N3O3S.ClH/c1-4-22-16(21)13-9(2)19-15(23-13)10(3)18-14(20)12-7-5-6-11(12)8-17;/h10-12H,4-8,17H2,1-3H3,(H,18,20);1H/t10?,11-,12-;/m1./s1. The van der Waals surface area contributed by atoms with E-state index >= 15 is 0 Å². The predicted molar refractivity (Wildman–Crippen MR) is 96.5 cm³/mol. The van der Waals surface area contributed by atoms with Gasteiger partial charge in [0.2, 0.25) is 5.91 Å². The zero-order valence-electron chi connectivity index (χ0n) is 14.3. The number of amides is 1. The Bertz CT molecular complexity index is 579. The first kappa shape index (κ1) is 20.9. The van der Waals surface area contributed by atoms with Gasteiger partial charge in [-0.2, -0.15) is 0 Å². The Morgan fingerprint density at radius 2 is 2.17 bits per heavy atom. The van der Waals surface area contributed by atoms with Crippen molar-refractivity contribution in [2.45, 2.75) is 46.1 Å². The fraction of sp³-hybridized carbons (Fsp3) is 0.688. The molecule has 8 heteroatoms. The van der Waals surface area contributed by atoms with Crippen LogP contribution >= 0.6 is 23.7 Å². The van der Waals surface area contributed by atoms with Crippen LogP contribution in [-0.2, 0) is 9.53 Å². The van der Waals surface area contributed by atoms with Crippen molar-refractivity contribution >= 4 is 35.6 Å². The van der Waals surface area contributed by atoms with Crippen molar-refractivity contribution in [3.8, 4) is 0 Å². The largest absolute Gasteiger partial charge is 0.462 e. The smallest absolute Gasteiger partial charge is 0.350 e. The number of aromatic nitrogens is 1. The fourth-order valence-corrected chi connectivity index (χ4v) is 4.00. The van der Waals surface area contributed by atoms with Crippen molar-refractivity contribution in [1.82, 2.24) is 10.3 Å². The minimum atomic E-state index is -0.355. The first-order chi connectivity index (χ1) is 11.0. The summed E-state index contributed by atoms with van der Waals surface area (Å²) in [6.07, 6.45) is 2.97. The molecule has 0 radical (unpaired) electrons. The lowest BCUT2D eigenvalue weighted by molar-refractivity contribution is -0.126. The van der Waals surface area contributed by atoms with E-state index in [9.17, 15) is 9.59 Å². The summed E-state index contributed by atoms with van der Waals surface area (Å²) in [6, 6.07) is -0.228. The van der Waals surface area contributed by atoms with Gasteiger partial charge < -0.3 is 15.8 Å². The van der Waals surface area contributed by atoms with Crippen molar-refractivity contribution < 1.29 is 14.3 Å². The van der Waals surface area contributed by atoms with Crippen LogP contribution in [0.4, 0.5) is 0 Å². The van der Waals surface area contributed by atoms with Crippen molar-refractivity contribution in [2.75, 3.05) is 13.2 Å². The van der Waals surface area contributed by atoms with Gasteiger partial charge in [-0.3, -0.25) is 4.79 Å². The Kier molecular flexibility index (Phi) is 8.12. The van der Waals surface area contributed by atoms with Crippen LogP contribution in [-0.4, -0.2) is 30.0 Å². The Balaban J connectivity index is 0.00000288. The number of nitrogens with zero attached hydrogens (tertiary/aromatic N) is 1. The van der Waals surface area contributed by atoms with Gasteiger partial charge in [-0.1, -0.05) is 6.42 Å². The van der Waals surface area contributed by atoms with E-state index < -0.39 is 0 Å². The van der Waals surface area contributed by atoms with Gasteiger partial charge in [0.15, 0.2) is 0 Å². The molecule has 0 aliphatic heterocycles. The van der Waals surface area contributed by atoms with Gasteiger partial charge in [0, 0.05) is 5.92 Å². The van der Waals surface area contributed by atoms with E-state index in [0.29, 0.717) is 23.7 Å². The van der Waals surface area contributed by atoms with Gasteiger partial charge in [-0.05, 0) is 46.1 Å². The minimum absolute atomic E-state index is 0. The predicted octanol–water partition coefficient (Wildman–Crippen LogP) is 2.60. The Morgan fingerprint density at radius 1 is 1.46 bits per heavy atom. The van der Waals surface area contributed by atoms with E-state index in [4.69, 9.17) is 10.5 Å². The number of carbonyl (C=O) groups is 2. The van der Waals surface area contributed by atoms with Gasteiger partial charge in [0.1, 0.15) is 9.88 Å². The highest BCUT2D eigenvalue weighted by Gasteiger charge is 2.33. The molecule has 1 heterocycles. The van der Waals surface area contributed by atoms with E-state index in [1.807, 2.05) is 6.92 Å². The van der Waals surface area contributed by atoms with E-state index in [0.717, 1.165) is 24.3 Å². The molecule has 0 spiro atoms. The number of nitrogens with one attached hydrogen (secondary N) is 1. The molecular formula is C16H26ClN3O3S. The van der Waals surface area contributed by atoms with Crippen LogP contribution in [0, 0.1) is 18.8 Å². The first-order valence-corrected chi connectivity index (χ1v) is 8.94. The average molecular weight is 376 g/mol. The molecule has 1 aromatic heterocycles. The molecule has 0 bridgehead atoms. The van der Waals surface area contributed by atoms with Gasteiger partial charge in [0.05, 0.1) is 18.3 Å². The number of thiazole rings is 1. The molecule has 3 N–H and O–H groups in total. The highest BCUT2D eigenvalue weighted by atomic mass is 35.5. The molecule has 1 saturated carbocycles. The second-order valence-electron chi connectivity index (χ2n) is 5.95. The number of hydrogen-bond donors (Lipinski definition) is 2. The number of nitrogens with two attached hydrogens (primary N) is 1. The summed E-state index contributed by atoms with van der Waals surface area (Å²) in [5, 5.41) is 3.74. The first-order valence-electron chi connectivity index (χ1n) is 8.12. The molecular weight excluding hydrogens is 350 g/mol. The number of ether oxygens (including phenoxy) is 1. The van der Waals surface area contributed by atoms with Gasteiger partial charge in [0.25, 0.3) is 0 Å². The summed E-state index contributed by atoms with van der Waals surface area (Å²) in [4.78, 5) is 29.2. The van der Waals surface area contributed by atoms with Gasteiger partial charge >= 0.3 is 5.97 Å². The summed E-state index contributed by atoms with van der Waals surface area (Å²) in [5.74, 6) is -0.0504. The third kappa shape index (κ3) is 4.68. The molecule has 0 saturated heterocycles. The molecule has 1 amide bonds. The summed E-state index contributed by atoms with van der Waals surface area (Å²) < 4.78 is 5.02. The molecule has 3 atom stereocenters. The average Bonchev–Trinajstić information content (AvgIpc) is 3.13. The SMILES string of the molecule is CCOC(=O)c1sc(C(C)NC(=O)[C@@H]2CCC[C@@H]2CN)nc1C.Cl. The molecule has 0 aromatic carbocycles. The second kappa shape index (κ2) is 9.34. The van der Waals surface area contributed by atoms with Gasteiger partial charge in [-0.25, -0.2) is 9.78 Å². The Labute approximate surface area is 153 Å². The van der Waals surface area contributed by atoms with Crippen molar-refractivity contribution in [1.29, 1.82) is 0 Å². The number of rotatable bonds is 6. The molecule has 1 aliphatic carbocycles. The van der Waals surface area contributed by atoms with Crippen LogP contribution in [0.15, 0.2) is 0 Å². The quantitative estimate of drug-likeness (QED) is 0.745. The second-order valence-corrected chi connectivity index (χ2v) is 6.98. The highest BCUT2D eigenvalue weighted by Crippen LogP contribution is 2.32. The lowest BCUT2D eigenvalue weighted by Crippen LogP contribution is -2.36.